The summed E-state index contributed by atoms with van der Waals surface area (Å²) in [4.78, 5) is 11.1. The largest absolute Gasteiger partial charge is 0.354 e. The summed E-state index contributed by atoms with van der Waals surface area (Å²) in [6.45, 7) is 4.25. The molecular formula is C11H22ClNO. The third kappa shape index (κ3) is 8.36. The molecule has 0 saturated heterocycles. The van der Waals surface area contributed by atoms with E-state index < -0.39 is 0 Å². The summed E-state index contributed by atoms with van der Waals surface area (Å²) in [6, 6.07) is 0.294. The third-order valence-corrected chi connectivity index (χ3v) is 2.41. The minimum atomic E-state index is 0.0722. The lowest BCUT2D eigenvalue weighted by Gasteiger charge is -2.12. The SMILES string of the molecule is CCCCCC[C@@H](C)NC(=O)CCCl. The average Bonchev–Trinajstić information content (AvgIpc) is 2.13. The fourth-order valence-corrected chi connectivity index (χ4v) is 1.55. The Hall–Kier alpha value is -0.240. The van der Waals surface area contributed by atoms with Gasteiger partial charge in [-0.15, -0.1) is 11.6 Å². The highest BCUT2D eigenvalue weighted by atomic mass is 35.5. The number of hydrogen-bond acceptors (Lipinski definition) is 1. The van der Waals surface area contributed by atoms with Gasteiger partial charge in [-0.1, -0.05) is 32.6 Å². The number of rotatable bonds is 8. The molecule has 0 aliphatic carbocycles. The van der Waals surface area contributed by atoms with Crippen LogP contribution in [-0.4, -0.2) is 17.8 Å². The first-order valence-electron chi connectivity index (χ1n) is 5.56. The zero-order valence-electron chi connectivity index (χ0n) is 9.31. The molecular weight excluding hydrogens is 198 g/mol. The zero-order valence-corrected chi connectivity index (χ0v) is 10.1. The fourth-order valence-electron chi connectivity index (χ4n) is 1.38. The molecule has 0 aromatic heterocycles. The number of alkyl halides is 1. The number of unbranched alkanes of at least 4 members (excludes halogenated alkanes) is 3. The van der Waals surface area contributed by atoms with Gasteiger partial charge in [0.05, 0.1) is 0 Å². The molecule has 14 heavy (non-hydrogen) atoms. The molecule has 84 valence electrons. The number of nitrogens with one attached hydrogen (secondary N) is 1. The van der Waals surface area contributed by atoms with Crippen molar-refractivity contribution in [2.75, 3.05) is 5.88 Å². The minimum Gasteiger partial charge on any atom is -0.354 e. The molecule has 0 fully saturated rings. The normalized spacial score (nSPS) is 12.5. The molecule has 1 N–H and O–H groups in total. The lowest BCUT2D eigenvalue weighted by molar-refractivity contribution is -0.121. The molecule has 0 spiro atoms. The van der Waals surface area contributed by atoms with E-state index in [-0.39, 0.29) is 5.91 Å². The highest BCUT2D eigenvalue weighted by Crippen LogP contribution is 2.05. The van der Waals surface area contributed by atoms with Crippen LogP contribution in [0.3, 0.4) is 0 Å². The van der Waals surface area contributed by atoms with Crippen molar-refractivity contribution in [3.8, 4) is 0 Å². The Morgan fingerprint density at radius 3 is 2.64 bits per heavy atom. The second kappa shape index (κ2) is 9.32. The molecule has 2 nitrogen and oxygen atoms in total. The van der Waals surface area contributed by atoms with Crippen molar-refractivity contribution in [3.05, 3.63) is 0 Å². The van der Waals surface area contributed by atoms with Crippen molar-refractivity contribution in [3.63, 3.8) is 0 Å². The maximum atomic E-state index is 11.1. The molecule has 3 heteroatoms. The van der Waals surface area contributed by atoms with E-state index >= 15 is 0 Å². The van der Waals surface area contributed by atoms with E-state index in [1.54, 1.807) is 0 Å². The summed E-state index contributed by atoms with van der Waals surface area (Å²) >= 11 is 5.46. The Morgan fingerprint density at radius 1 is 1.36 bits per heavy atom. The minimum absolute atomic E-state index is 0.0722. The van der Waals surface area contributed by atoms with E-state index in [0.717, 1.165) is 6.42 Å². The van der Waals surface area contributed by atoms with Crippen molar-refractivity contribution >= 4 is 17.5 Å². The third-order valence-electron chi connectivity index (χ3n) is 2.22. The quantitative estimate of drug-likeness (QED) is 0.493. The van der Waals surface area contributed by atoms with Gasteiger partial charge in [-0.05, 0) is 13.3 Å². The van der Waals surface area contributed by atoms with Crippen LogP contribution in [0.25, 0.3) is 0 Å². The van der Waals surface area contributed by atoms with Crippen LogP contribution < -0.4 is 5.32 Å². The maximum Gasteiger partial charge on any atom is 0.221 e. The van der Waals surface area contributed by atoms with Crippen LogP contribution in [0, 0.1) is 0 Å². The highest BCUT2D eigenvalue weighted by molar-refractivity contribution is 6.18. The van der Waals surface area contributed by atoms with Gasteiger partial charge in [-0.3, -0.25) is 4.79 Å². The summed E-state index contributed by atoms with van der Waals surface area (Å²) in [5.41, 5.74) is 0. The molecule has 1 atom stereocenters. The average molecular weight is 220 g/mol. The van der Waals surface area contributed by atoms with Crippen molar-refractivity contribution in [1.82, 2.24) is 5.32 Å². The van der Waals surface area contributed by atoms with Gasteiger partial charge in [0.15, 0.2) is 0 Å². The summed E-state index contributed by atoms with van der Waals surface area (Å²) in [5, 5.41) is 2.93. The fraction of sp³-hybridized carbons (Fsp3) is 0.909. The first-order chi connectivity index (χ1) is 6.70. The Morgan fingerprint density at radius 2 is 2.07 bits per heavy atom. The van der Waals surface area contributed by atoms with Gasteiger partial charge in [0, 0.05) is 18.3 Å². The number of carbonyl (C=O) groups excluding carboxylic acids is 1. The van der Waals surface area contributed by atoms with Gasteiger partial charge < -0.3 is 5.32 Å². The monoisotopic (exact) mass is 219 g/mol. The van der Waals surface area contributed by atoms with Gasteiger partial charge in [0.25, 0.3) is 0 Å². The van der Waals surface area contributed by atoms with Crippen LogP contribution in [0.5, 0.6) is 0 Å². The molecule has 0 radical (unpaired) electrons. The van der Waals surface area contributed by atoms with E-state index in [1.165, 1.54) is 25.7 Å². The smallest absolute Gasteiger partial charge is 0.221 e. The van der Waals surface area contributed by atoms with E-state index in [0.29, 0.717) is 18.3 Å². The summed E-state index contributed by atoms with van der Waals surface area (Å²) in [6.07, 6.45) is 6.53. The summed E-state index contributed by atoms with van der Waals surface area (Å²) < 4.78 is 0. The summed E-state index contributed by atoms with van der Waals surface area (Å²) in [5.74, 6) is 0.483. The Balaban J connectivity index is 3.35. The second-order valence-electron chi connectivity index (χ2n) is 3.76. The highest BCUT2D eigenvalue weighted by Gasteiger charge is 2.05. The molecule has 0 heterocycles. The van der Waals surface area contributed by atoms with Crippen LogP contribution in [0.15, 0.2) is 0 Å². The lowest BCUT2D eigenvalue weighted by atomic mass is 10.1. The van der Waals surface area contributed by atoms with Crippen molar-refractivity contribution < 1.29 is 4.79 Å². The van der Waals surface area contributed by atoms with Crippen LogP contribution in [0.1, 0.15) is 52.4 Å². The molecule has 0 saturated carbocycles. The van der Waals surface area contributed by atoms with E-state index in [1.807, 2.05) is 0 Å². The molecule has 0 rings (SSSR count). The van der Waals surface area contributed by atoms with Gasteiger partial charge in [-0.25, -0.2) is 0 Å². The first kappa shape index (κ1) is 13.8. The number of halogens is 1. The molecule has 1 amide bonds. The number of hydrogen-bond donors (Lipinski definition) is 1. The lowest BCUT2D eigenvalue weighted by Crippen LogP contribution is -2.32. The van der Waals surface area contributed by atoms with E-state index in [9.17, 15) is 4.79 Å². The zero-order chi connectivity index (χ0) is 10.8. The van der Waals surface area contributed by atoms with Crippen LogP contribution in [0.2, 0.25) is 0 Å². The topological polar surface area (TPSA) is 29.1 Å². The predicted molar refractivity (Wildman–Crippen MR) is 61.7 cm³/mol. The second-order valence-corrected chi connectivity index (χ2v) is 4.13. The molecule has 0 aliphatic rings. The summed E-state index contributed by atoms with van der Waals surface area (Å²) in [7, 11) is 0. The van der Waals surface area contributed by atoms with Crippen molar-refractivity contribution in [2.24, 2.45) is 0 Å². The van der Waals surface area contributed by atoms with Crippen LogP contribution in [-0.2, 0) is 4.79 Å². The van der Waals surface area contributed by atoms with E-state index in [4.69, 9.17) is 11.6 Å². The van der Waals surface area contributed by atoms with Gasteiger partial charge in [0.1, 0.15) is 0 Å². The Kier molecular flexibility index (Phi) is 9.16. The van der Waals surface area contributed by atoms with Crippen LogP contribution >= 0.6 is 11.6 Å². The van der Waals surface area contributed by atoms with Gasteiger partial charge in [-0.2, -0.15) is 0 Å². The molecule has 0 aromatic carbocycles. The van der Waals surface area contributed by atoms with Crippen LogP contribution in [0.4, 0.5) is 0 Å². The number of amides is 1. The maximum absolute atomic E-state index is 11.1. The van der Waals surface area contributed by atoms with E-state index in [2.05, 4.69) is 19.2 Å². The predicted octanol–water partition coefficient (Wildman–Crippen LogP) is 3.09. The standard InChI is InChI=1S/C11H22ClNO/c1-3-4-5-6-7-10(2)13-11(14)8-9-12/h10H,3-9H2,1-2H3,(H,13,14)/t10-/m1/s1. The Bertz CT molecular complexity index is 150. The molecule has 0 bridgehead atoms. The first-order valence-corrected chi connectivity index (χ1v) is 6.09. The van der Waals surface area contributed by atoms with Gasteiger partial charge in [0.2, 0.25) is 5.91 Å². The molecule has 0 aromatic rings. The molecule has 0 unspecified atom stereocenters. The Labute approximate surface area is 92.4 Å². The number of carbonyl (C=O) groups is 1. The van der Waals surface area contributed by atoms with Gasteiger partial charge >= 0.3 is 0 Å². The van der Waals surface area contributed by atoms with Crippen molar-refractivity contribution in [2.45, 2.75) is 58.4 Å². The van der Waals surface area contributed by atoms with Crippen molar-refractivity contribution in [1.29, 1.82) is 0 Å². The molecule has 0 aliphatic heterocycles.